The van der Waals surface area contributed by atoms with Crippen molar-refractivity contribution >= 4 is 22.9 Å². The van der Waals surface area contributed by atoms with E-state index in [9.17, 15) is 0 Å². The Morgan fingerprint density at radius 1 is 1.32 bits per heavy atom. The van der Waals surface area contributed by atoms with Crippen LogP contribution in [0.5, 0.6) is 5.75 Å². The smallest absolute Gasteiger partial charge is 0.190 e. The molecule has 5 nitrogen and oxygen atoms in total. The first-order chi connectivity index (χ1) is 10.3. The Balaban J connectivity index is 0.00000242. The second-order valence-electron chi connectivity index (χ2n) is 5.27. The van der Waals surface area contributed by atoms with Crippen LogP contribution in [-0.2, 0) is 10.2 Å². The van der Waals surface area contributed by atoms with E-state index >= 15 is 0 Å². The SMILES string of the molecule is Br.CN=C(NC)NCC1(c2ccccc2OC)CCOCC1. The first-order valence-corrected chi connectivity index (χ1v) is 7.35. The highest BCUT2D eigenvalue weighted by molar-refractivity contribution is 8.93. The molecule has 2 rings (SSSR count). The van der Waals surface area contributed by atoms with Crippen LogP contribution in [0.1, 0.15) is 18.4 Å². The van der Waals surface area contributed by atoms with Crippen LogP contribution in [0.3, 0.4) is 0 Å². The molecule has 0 bridgehead atoms. The molecule has 124 valence electrons. The van der Waals surface area contributed by atoms with Crippen LogP contribution >= 0.6 is 17.0 Å². The molecule has 0 amide bonds. The number of ether oxygens (including phenoxy) is 2. The van der Waals surface area contributed by atoms with Crippen molar-refractivity contribution in [2.75, 3.05) is 41.0 Å². The van der Waals surface area contributed by atoms with Crippen LogP contribution in [0.4, 0.5) is 0 Å². The average Bonchev–Trinajstić information content (AvgIpc) is 2.56. The number of benzene rings is 1. The third-order valence-electron chi connectivity index (χ3n) is 4.18. The second-order valence-corrected chi connectivity index (χ2v) is 5.27. The predicted molar refractivity (Wildman–Crippen MR) is 95.5 cm³/mol. The van der Waals surface area contributed by atoms with Crippen LogP contribution in [0.25, 0.3) is 0 Å². The van der Waals surface area contributed by atoms with Crippen molar-refractivity contribution in [2.24, 2.45) is 4.99 Å². The molecule has 1 saturated heterocycles. The van der Waals surface area contributed by atoms with E-state index in [4.69, 9.17) is 9.47 Å². The molecule has 0 radical (unpaired) electrons. The molecule has 22 heavy (non-hydrogen) atoms. The Morgan fingerprint density at radius 2 is 2.00 bits per heavy atom. The van der Waals surface area contributed by atoms with E-state index in [1.165, 1.54) is 5.56 Å². The highest BCUT2D eigenvalue weighted by Gasteiger charge is 2.36. The average molecular weight is 372 g/mol. The van der Waals surface area contributed by atoms with Crippen molar-refractivity contribution in [3.8, 4) is 5.75 Å². The van der Waals surface area contributed by atoms with Gasteiger partial charge in [-0.2, -0.15) is 0 Å². The molecule has 1 aliphatic heterocycles. The summed E-state index contributed by atoms with van der Waals surface area (Å²) in [6, 6.07) is 8.27. The molecule has 1 aromatic carbocycles. The highest BCUT2D eigenvalue weighted by Crippen LogP contribution is 2.39. The number of nitrogens with one attached hydrogen (secondary N) is 2. The summed E-state index contributed by atoms with van der Waals surface area (Å²) >= 11 is 0. The summed E-state index contributed by atoms with van der Waals surface area (Å²) in [7, 11) is 5.37. The first-order valence-electron chi connectivity index (χ1n) is 7.35. The van der Waals surface area contributed by atoms with Gasteiger partial charge < -0.3 is 20.1 Å². The summed E-state index contributed by atoms with van der Waals surface area (Å²) < 4.78 is 11.1. The van der Waals surface area contributed by atoms with E-state index < -0.39 is 0 Å². The fourth-order valence-corrected chi connectivity index (χ4v) is 2.92. The molecular weight excluding hydrogens is 346 g/mol. The van der Waals surface area contributed by atoms with Gasteiger partial charge >= 0.3 is 0 Å². The number of halogens is 1. The summed E-state index contributed by atoms with van der Waals surface area (Å²) in [6.07, 6.45) is 1.95. The van der Waals surface area contributed by atoms with E-state index in [-0.39, 0.29) is 22.4 Å². The Labute approximate surface area is 143 Å². The van der Waals surface area contributed by atoms with E-state index in [0.29, 0.717) is 0 Å². The minimum atomic E-state index is 0. The molecule has 2 N–H and O–H groups in total. The summed E-state index contributed by atoms with van der Waals surface area (Å²) in [5, 5.41) is 6.47. The van der Waals surface area contributed by atoms with Crippen molar-refractivity contribution in [3.05, 3.63) is 29.8 Å². The molecule has 0 aromatic heterocycles. The number of aliphatic imine (C=N–C) groups is 1. The van der Waals surface area contributed by atoms with Crippen LogP contribution in [0.2, 0.25) is 0 Å². The van der Waals surface area contributed by atoms with Crippen LogP contribution in [-0.4, -0.2) is 46.9 Å². The summed E-state index contributed by atoms with van der Waals surface area (Å²) in [4.78, 5) is 4.19. The Bertz CT molecular complexity index is 488. The number of guanidine groups is 1. The fraction of sp³-hybridized carbons (Fsp3) is 0.562. The van der Waals surface area contributed by atoms with Gasteiger partial charge in [-0.15, -0.1) is 17.0 Å². The lowest BCUT2D eigenvalue weighted by molar-refractivity contribution is 0.0505. The zero-order valence-electron chi connectivity index (χ0n) is 13.5. The molecule has 6 heteroatoms. The minimum Gasteiger partial charge on any atom is -0.496 e. The monoisotopic (exact) mass is 371 g/mol. The van der Waals surface area contributed by atoms with Gasteiger partial charge in [0.15, 0.2) is 5.96 Å². The van der Waals surface area contributed by atoms with Gasteiger partial charge in [-0.3, -0.25) is 4.99 Å². The van der Waals surface area contributed by atoms with E-state index in [1.54, 1.807) is 14.2 Å². The van der Waals surface area contributed by atoms with Gasteiger partial charge in [-0.25, -0.2) is 0 Å². The number of rotatable bonds is 4. The zero-order chi connectivity index (χ0) is 15.1. The van der Waals surface area contributed by atoms with Crippen molar-refractivity contribution < 1.29 is 9.47 Å². The van der Waals surface area contributed by atoms with Crippen molar-refractivity contribution in [3.63, 3.8) is 0 Å². The van der Waals surface area contributed by atoms with Crippen molar-refractivity contribution in [1.82, 2.24) is 10.6 Å². The van der Waals surface area contributed by atoms with Gasteiger partial charge in [0.2, 0.25) is 0 Å². The van der Waals surface area contributed by atoms with Gasteiger partial charge in [0.05, 0.1) is 7.11 Å². The normalized spacial score (nSPS) is 17.3. The molecule has 0 aliphatic carbocycles. The first kappa shape index (κ1) is 18.8. The molecule has 1 aromatic rings. The molecule has 0 atom stereocenters. The Morgan fingerprint density at radius 3 is 2.59 bits per heavy atom. The largest absolute Gasteiger partial charge is 0.496 e. The van der Waals surface area contributed by atoms with Crippen LogP contribution < -0.4 is 15.4 Å². The van der Waals surface area contributed by atoms with Gasteiger partial charge in [-0.05, 0) is 18.9 Å². The maximum atomic E-state index is 5.57. The quantitative estimate of drug-likeness (QED) is 0.628. The maximum Gasteiger partial charge on any atom is 0.190 e. The Kier molecular flexibility index (Phi) is 7.68. The lowest BCUT2D eigenvalue weighted by atomic mass is 9.73. The number of nitrogens with zero attached hydrogens (tertiary/aromatic N) is 1. The lowest BCUT2D eigenvalue weighted by Gasteiger charge is -2.39. The topological polar surface area (TPSA) is 54.9 Å². The number of methoxy groups -OCH3 is 1. The zero-order valence-corrected chi connectivity index (χ0v) is 15.2. The number of hydrogen-bond acceptors (Lipinski definition) is 3. The van der Waals surface area contributed by atoms with Gasteiger partial charge in [0, 0.05) is 44.8 Å². The van der Waals surface area contributed by atoms with Crippen LogP contribution in [0, 0.1) is 0 Å². The third-order valence-corrected chi connectivity index (χ3v) is 4.18. The lowest BCUT2D eigenvalue weighted by Crippen LogP contribution is -2.47. The highest BCUT2D eigenvalue weighted by atomic mass is 79.9. The maximum absolute atomic E-state index is 5.57. The molecule has 1 aliphatic rings. The van der Waals surface area contributed by atoms with Gasteiger partial charge in [0.25, 0.3) is 0 Å². The summed E-state index contributed by atoms with van der Waals surface area (Å²) in [5.74, 6) is 1.75. The fourth-order valence-electron chi connectivity index (χ4n) is 2.92. The van der Waals surface area contributed by atoms with Crippen LogP contribution in [0.15, 0.2) is 29.3 Å². The predicted octanol–water partition coefficient (Wildman–Crippen LogP) is 2.12. The third kappa shape index (κ3) is 4.14. The van der Waals surface area contributed by atoms with E-state index in [1.807, 2.05) is 19.2 Å². The molecule has 1 heterocycles. The van der Waals surface area contributed by atoms with Gasteiger partial charge in [-0.1, -0.05) is 18.2 Å². The Hall–Kier alpha value is -1.27. The molecule has 0 spiro atoms. The van der Waals surface area contributed by atoms with E-state index in [2.05, 4.69) is 27.8 Å². The van der Waals surface area contributed by atoms with Gasteiger partial charge in [0.1, 0.15) is 5.75 Å². The van der Waals surface area contributed by atoms with E-state index in [0.717, 1.165) is 44.3 Å². The number of hydrogen-bond donors (Lipinski definition) is 2. The summed E-state index contributed by atoms with van der Waals surface area (Å²) in [5.41, 5.74) is 1.26. The molecule has 1 fully saturated rings. The number of para-hydroxylation sites is 1. The summed E-state index contributed by atoms with van der Waals surface area (Å²) in [6.45, 7) is 2.36. The van der Waals surface area contributed by atoms with Crippen molar-refractivity contribution in [2.45, 2.75) is 18.3 Å². The standard InChI is InChI=1S/C16H25N3O2.BrH/c1-17-15(18-2)19-12-16(8-10-21-11-9-16)13-6-4-5-7-14(13)20-3;/h4-7H,8-12H2,1-3H3,(H2,17,18,19);1H. The second kappa shape index (κ2) is 9.00. The molecular formula is C16H26BrN3O2. The molecule has 0 unspecified atom stereocenters. The van der Waals surface area contributed by atoms with Crippen molar-refractivity contribution in [1.29, 1.82) is 0 Å². The molecule has 0 saturated carbocycles. The minimum absolute atomic E-state index is 0.